The van der Waals surface area contributed by atoms with E-state index in [9.17, 15) is 4.79 Å². The van der Waals surface area contributed by atoms with E-state index in [-0.39, 0.29) is 5.91 Å². The van der Waals surface area contributed by atoms with Crippen LogP contribution in [0.2, 0.25) is 5.02 Å². The lowest BCUT2D eigenvalue weighted by molar-refractivity contribution is 0.0740. The van der Waals surface area contributed by atoms with Crippen molar-refractivity contribution in [3.8, 4) is 5.75 Å². The Morgan fingerprint density at radius 1 is 1.21 bits per heavy atom. The predicted octanol–water partition coefficient (Wildman–Crippen LogP) is 4.76. The zero-order valence-electron chi connectivity index (χ0n) is 13.2. The molecule has 1 amide bonds. The summed E-state index contributed by atoms with van der Waals surface area (Å²) in [7, 11) is 1.63. The highest BCUT2D eigenvalue weighted by molar-refractivity contribution is 7.21. The van der Waals surface area contributed by atoms with E-state index in [4.69, 9.17) is 16.3 Å². The Balaban J connectivity index is 1.68. The largest absolute Gasteiger partial charge is 0.497 e. The molecule has 0 saturated heterocycles. The number of thiophene rings is 1. The number of hydrogen-bond donors (Lipinski definition) is 0. The zero-order chi connectivity index (χ0) is 16.7. The van der Waals surface area contributed by atoms with E-state index in [1.165, 1.54) is 22.5 Å². The molecule has 0 atom stereocenters. The molecule has 0 unspecified atom stereocenters. The summed E-state index contributed by atoms with van der Waals surface area (Å²) in [5.41, 5.74) is 2.55. The van der Waals surface area contributed by atoms with Crippen molar-refractivity contribution in [2.45, 2.75) is 13.0 Å². The van der Waals surface area contributed by atoms with Gasteiger partial charge in [0.1, 0.15) is 10.6 Å². The fraction of sp³-hybridized carbons (Fsp3) is 0.211. The lowest BCUT2D eigenvalue weighted by Gasteiger charge is -2.28. The van der Waals surface area contributed by atoms with Gasteiger partial charge < -0.3 is 9.64 Å². The number of nitrogens with zero attached hydrogens (tertiary/aromatic N) is 1. The number of carbonyl (C=O) groups excluding carboxylic acids is 1. The van der Waals surface area contributed by atoms with Crippen molar-refractivity contribution in [3.05, 3.63) is 63.5 Å². The first kappa shape index (κ1) is 15.5. The molecule has 0 spiro atoms. The summed E-state index contributed by atoms with van der Waals surface area (Å²) in [6.07, 6.45) is 0.887. The minimum absolute atomic E-state index is 0.00895. The van der Waals surface area contributed by atoms with Gasteiger partial charge in [-0.05, 0) is 35.7 Å². The summed E-state index contributed by atoms with van der Waals surface area (Å²) < 4.78 is 6.23. The SMILES string of the molecule is COc1ccc2c(Cl)c(C(=O)N3CCc4ccccc4C3)sc2c1. The Morgan fingerprint density at radius 2 is 2.00 bits per heavy atom. The van der Waals surface area contributed by atoms with Crippen molar-refractivity contribution in [2.24, 2.45) is 0 Å². The third kappa shape index (κ3) is 2.56. The molecule has 3 aromatic rings. The molecule has 4 rings (SSSR count). The molecule has 2 aromatic carbocycles. The smallest absolute Gasteiger partial charge is 0.265 e. The van der Waals surface area contributed by atoms with Crippen molar-refractivity contribution in [1.82, 2.24) is 4.90 Å². The molecule has 1 aliphatic heterocycles. The molecule has 0 saturated carbocycles. The van der Waals surface area contributed by atoms with E-state index in [1.54, 1.807) is 7.11 Å². The molecular weight excluding hydrogens is 342 g/mol. The molecule has 5 heteroatoms. The Morgan fingerprint density at radius 3 is 2.79 bits per heavy atom. The van der Waals surface area contributed by atoms with Crippen molar-refractivity contribution in [3.63, 3.8) is 0 Å². The molecule has 2 heterocycles. The van der Waals surface area contributed by atoms with Crippen LogP contribution in [0.4, 0.5) is 0 Å². The molecule has 1 aromatic heterocycles. The highest BCUT2D eigenvalue weighted by Gasteiger charge is 2.25. The average Bonchev–Trinajstić information content (AvgIpc) is 2.96. The van der Waals surface area contributed by atoms with E-state index >= 15 is 0 Å². The molecule has 3 nitrogen and oxygen atoms in total. The monoisotopic (exact) mass is 357 g/mol. The summed E-state index contributed by atoms with van der Waals surface area (Å²) in [5, 5.41) is 1.45. The summed E-state index contributed by atoms with van der Waals surface area (Å²) in [6, 6.07) is 14.0. The van der Waals surface area contributed by atoms with Gasteiger partial charge in [-0.1, -0.05) is 35.9 Å². The van der Waals surface area contributed by atoms with E-state index in [2.05, 4.69) is 12.1 Å². The first-order chi connectivity index (χ1) is 11.7. The van der Waals surface area contributed by atoms with Gasteiger partial charge in [-0.15, -0.1) is 11.3 Å². The number of methoxy groups -OCH3 is 1. The second-order valence-electron chi connectivity index (χ2n) is 5.85. The quantitative estimate of drug-likeness (QED) is 0.661. The Bertz CT molecular complexity index is 934. The van der Waals surface area contributed by atoms with Crippen LogP contribution in [0.25, 0.3) is 10.1 Å². The predicted molar refractivity (Wildman–Crippen MR) is 98.3 cm³/mol. The van der Waals surface area contributed by atoms with Gasteiger partial charge in [-0.2, -0.15) is 0 Å². The van der Waals surface area contributed by atoms with Crippen LogP contribution < -0.4 is 4.74 Å². The number of hydrogen-bond acceptors (Lipinski definition) is 3. The third-order valence-electron chi connectivity index (χ3n) is 4.45. The van der Waals surface area contributed by atoms with Gasteiger partial charge in [-0.3, -0.25) is 4.79 Å². The van der Waals surface area contributed by atoms with Crippen LogP contribution in [-0.4, -0.2) is 24.5 Å². The highest BCUT2D eigenvalue weighted by atomic mass is 35.5. The van der Waals surface area contributed by atoms with E-state index in [0.717, 1.165) is 28.8 Å². The van der Waals surface area contributed by atoms with Gasteiger partial charge in [-0.25, -0.2) is 0 Å². The number of ether oxygens (including phenoxy) is 1. The first-order valence-electron chi connectivity index (χ1n) is 7.79. The van der Waals surface area contributed by atoms with Crippen molar-refractivity contribution >= 4 is 38.9 Å². The second-order valence-corrected chi connectivity index (χ2v) is 7.28. The Kier molecular flexibility index (Phi) is 3.94. The van der Waals surface area contributed by atoms with Crippen LogP contribution >= 0.6 is 22.9 Å². The van der Waals surface area contributed by atoms with E-state index < -0.39 is 0 Å². The van der Waals surface area contributed by atoms with Crippen molar-refractivity contribution in [2.75, 3.05) is 13.7 Å². The topological polar surface area (TPSA) is 29.5 Å². The standard InChI is InChI=1S/C19H16ClNO2S/c1-23-14-6-7-15-16(10-14)24-18(17(15)20)19(22)21-9-8-12-4-2-3-5-13(12)11-21/h2-7,10H,8-9,11H2,1H3. The first-order valence-corrected chi connectivity index (χ1v) is 8.99. The van der Waals surface area contributed by atoms with Gasteiger partial charge in [0.15, 0.2) is 0 Å². The van der Waals surface area contributed by atoms with Crippen LogP contribution in [0.5, 0.6) is 5.75 Å². The molecule has 1 aliphatic rings. The van der Waals surface area contributed by atoms with Crippen molar-refractivity contribution in [1.29, 1.82) is 0 Å². The lowest BCUT2D eigenvalue weighted by Crippen LogP contribution is -2.35. The second kappa shape index (κ2) is 6.11. The normalized spacial score (nSPS) is 13.8. The number of fused-ring (bicyclic) bond motifs is 2. The fourth-order valence-corrected chi connectivity index (χ4v) is 4.63. The van der Waals surface area contributed by atoms with Gasteiger partial charge in [0.2, 0.25) is 0 Å². The van der Waals surface area contributed by atoms with Gasteiger partial charge >= 0.3 is 0 Å². The minimum Gasteiger partial charge on any atom is -0.497 e. The van der Waals surface area contributed by atoms with Crippen molar-refractivity contribution < 1.29 is 9.53 Å². The molecule has 122 valence electrons. The fourth-order valence-electron chi connectivity index (χ4n) is 3.12. The number of benzene rings is 2. The molecule has 0 radical (unpaired) electrons. The minimum atomic E-state index is 0.00895. The molecule has 24 heavy (non-hydrogen) atoms. The number of amides is 1. The molecule has 0 bridgehead atoms. The van der Waals surface area contributed by atoms with Gasteiger partial charge in [0.05, 0.1) is 12.1 Å². The average molecular weight is 358 g/mol. The molecule has 0 aliphatic carbocycles. The summed E-state index contributed by atoms with van der Waals surface area (Å²) in [6.45, 7) is 1.37. The number of carbonyl (C=O) groups is 1. The lowest BCUT2D eigenvalue weighted by atomic mass is 10.00. The van der Waals surface area contributed by atoms with Crippen LogP contribution in [0.15, 0.2) is 42.5 Å². The van der Waals surface area contributed by atoms with Crippen LogP contribution in [0.1, 0.15) is 20.8 Å². The zero-order valence-corrected chi connectivity index (χ0v) is 14.8. The Labute approximate surface area is 149 Å². The van der Waals surface area contributed by atoms with Gasteiger partial charge in [0.25, 0.3) is 5.91 Å². The third-order valence-corrected chi connectivity index (χ3v) is 6.09. The summed E-state index contributed by atoms with van der Waals surface area (Å²) in [4.78, 5) is 15.5. The maximum absolute atomic E-state index is 13.0. The number of rotatable bonds is 2. The van der Waals surface area contributed by atoms with E-state index in [1.807, 2.05) is 35.2 Å². The van der Waals surface area contributed by atoms with Crippen LogP contribution in [0.3, 0.4) is 0 Å². The Hall–Kier alpha value is -2.04. The van der Waals surface area contributed by atoms with Crippen LogP contribution in [-0.2, 0) is 13.0 Å². The summed E-state index contributed by atoms with van der Waals surface area (Å²) >= 11 is 7.92. The molecule has 0 N–H and O–H groups in total. The highest BCUT2D eigenvalue weighted by Crippen LogP contribution is 2.38. The molecular formula is C19H16ClNO2S. The van der Waals surface area contributed by atoms with Gasteiger partial charge in [0, 0.05) is 23.2 Å². The molecule has 0 fully saturated rings. The summed E-state index contributed by atoms with van der Waals surface area (Å²) in [5.74, 6) is 0.779. The maximum atomic E-state index is 13.0. The number of halogens is 1. The van der Waals surface area contributed by atoms with Crippen LogP contribution in [0, 0.1) is 0 Å². The van der Waals surface area contributed by atoms with E-state index in [0.29, 0.717) is 16.4 Å². The maximum Gasteiger partial charge on any atom is 0.265 e.